The standard InChI is InChI=1S/C17H14Cl2N2O4/c1-2-25-12-4-6-15(16(10-12)21(23)24)20-8-7-17(22)11-3-5-13(18)14(19)9-11/h3-10,20H,2H2,1H3/b8-7-. The van der Waals surface area contributed by atoms with Gasteiger partial charge in [-0.15, -0.1) is 0 Å². The highest BCUT2D eigenvalue weighted by molar-refractivity contribution is 6.42. The number of nitrogens with one attached hydrogen (secondary N) is 1. The lowest BCUT2D eigenvalue weighted by Gasteiger charge is -2.06. The average molecular weight is 381 g/mol. The van der Waals surface area contributed by atoms with Gasteiger partial charge < -0.3 is 10.1 Å². The smallest absolute Gasteiger partial charge is 0.296 e. The first kappa shape index (κ1) is 18.8. The van der Waals surface area contributed by atoms with Crippen molar-refractivity contribution >= 4 is 40.4 Å². The number of nitro groups is 1. The number of hydrogen-bond donors (Lipinski definition) is 1. The van der Waals surface area contributed by atoms with Crippen molar-refractivity contribution in [3.63, 3.8) is 0 Å². The summed E-state index contributed by atoms with van der Waals surface area (Å²) in [5.74, 6) is 0.0790. The predicted molar refractivity (Wildman–Crippen MR) is 97.8 cm³/mol. The van der Waals surface area contributed by atoms with Crippen molar-refractivity contribution in [3.8, 4) is 5.75 Å². The highest BCUT2D eigenvalue weighted by atomic mass is 35.5. The predicted octanol–water partition coefficient (Wildman–Crippen LogP) is 5.11. The molecule has 8 heteroatoms. The SMILES string of the molecule is CCOc1ccc(N/C=C\C(=O)c2ccc(Cl)c(Cl)c2)c([N+](=O)[O-])c1. The van der Waals surface area contributed by atoms with Crippen LogP contribution in [0.4, 0.5) is 11.4 Å². The minimum absolute atomic E-state index is 0.155. The molecule has 0 bridgehead atoms. The highest BCUT2D eigenvalue weighted by Crippen LogP contribution is 2.29. The number of allylic oxidation sites excluding steroid dienone is 1. The number of halogens is 2. The van der Waals surface area contributed by atoms with Crippen molar-refractivity contribution in [2.24, 2.45) is 0 Å². The quantitative estimate of drug-likeness (QED) is 0.312. The molecule has 0 aliphatic heterocycles. The van der Waals surface area contributed by atoms with Crippen molar-refractivity contribution in [2.45, 2.75) is 6.92 Å². The fourth-order valence-corrected chi connectivity index (χ4v) is 2.29. The van der Waals surface area contributed by atoms with Crippen LogP contribution < -0.4 is 10.1 Å². The van der Waals surface area contributed by atoms with Crippen LogP contribution in [-0.4, -0.2) is 17.3 Å². The molecule has 0 aromatic heterocycles. The zero-order chi connectivity index (χ0) is 18.4. The summed E-state index contributed by atoms with van der Waals surface area (Å²) in [4.78, 5) is 22.7. The monoisotopic (exact) mass is 380 g/mol. The fourth-order valence-electron chi connectivity index (χ4n) is 1.99. The molecule has 0 spiro atoms. The number of nitro benzene ring substituents is 1. The van der Waals surface area contributed by atoms with Crippen molar-refractivity contribution < 1.29 is 14.5 Å². The number of rotatable bonds is 7. The number of ether oxygens (including phenoxy) is 1. The molecule has 2 aromatic carbocycles. The van der Waals surface area contributed by atoms with Crippen LogP contribution in [0.2, 0.25) is 10.0 Å². The number of carbonyl (C=O) groups is 1. The van der Waals surface area contributed by atoms with E-state index in [-0.39, 0.29) is 22.2 Å². The molecule has 0 amide bonds. The Balaban J connectivity index is 2.14. The van der Waals surface area contributed by atoms with E-state index >= 15 is 0 Å². The second-order valence-corrected chi connectivity index (χ2v) is 5.65. The third-order valence-corrected chi connectivity index (χ3v) is 3.89. The van der Waals surface area contributed by atoms with E-state index in [2.05, 4.69) is 5.32 Å². The first-order valence-corrected chi connectivity index (χ1v) is 8.01. The zero-order valence-corrected chi connectivity index (χ0v) is 14.7. The molecule has 130 valence electrons. The van der Waals surface area contributed by atoms with E-state index in [9.17, 15) is 14.9 Å². The Morgan fingerprint density at radius 3 is 2.64 bits per heavy atom. The first-order valence-electron chi connectivity index (χ1n) is 7.26. The van der Waals surface area contributed by atoms with Gasteiger partial charge in [-0.3, -0.25) is 14.9 Å². The maximum atomic E-state index is 12.1. The van der Waals surface area contributed by atoms with Gasteiger partial charge in [-0.1, -0.05) is 23.2 Å². The molecular weight excluding hydrogens is 367 g/mol. The summed E-state index contributed by atoms with van der Waals surface area (Å²) in [6.45, 7) is 2.19. The maximum Gasteiger partial charge on any atom is 0.296 e. The van der Waals surface area contributed by atoms with E-state index in [1.54, 1.807) is 19.1 Å². The molecule has 0 unspecified atom stereocenters. The van der Waals surface area contributed by atoms with Crippen molar-refractivity contribution in [1.82, 2.24) is 0 Å². The van der Waals surface area contributed by atoms with Gasteiger partial charge in [-0.25, -0.2) is 0 Å². The van der Waals surface area contributed by atoms with Crippen LogP contribution in [0.3, 0.4) is 0 Å². The average Bonchev–Trinajstić information content (AvgIpc) is 2.58. The topological polar surface area (TPSA) is 81.5 Å². The Bertz CT molecular complexity index is 837. The highest BCUT2D eigenvalue weighted by Gasteiger charge is 2.14. The second kappa shape index (κ2) is 8.50. The molecule has 0 saturated carbocycles. The van der Waals surface area contributed by atoms with E-state index in [0.29, 0.717) is 22.9 Å². The molecule has 1 N–H and O–H groups in total. The van der Waals surface area contributed by atoms with Crippen LogP contribution in [0.25, 0.3) is 0 Å². The maximum absolute atomic E-state index is 12.1. The number of ketones is 1. The minimum atomic E-state index is -0.528. The van der Waals surface area contributed by atoms with Gasteiger partial charge in [0.05, 0.1) is 27.6 Å². The van der Waals surface area contributed by atoms with Gasteiger partial charge in [0.1, 0.15) is 11.4 Å². The molecule has 6 nitrogen and oxygen atoms in total. The van der Waals surface area contributed by atoms with Crippen molar-refractivity contribution in [2.75, 3.05) is 11.9 Å². The Morgan fingerprint density at radius 1 is 1.24 bits per heavy atom. The van der Waals surface area contributed by atoms with Gasteiger partial charge in [0, 0.05) is 17.8 Å². The molecule has 0 aliphatic carbocycles. The lowest BCUT2D eigenvalue weighted by Crippen LogP contribution is -2.00. The number of carbonyl (C=O) groups excluding carboxylic acids is 1. The molecule has 0 atom stereocenters. The summed E-state index contributed by atoms with van der Waals surface area (Å²) in [5, 5.41) is 14.5. The van der Waals surface area contributed by atoms with Gasteiger partial charge in [0.15, 0.2) is 5.78 Å². The molecule has 0 aliphatic rings. The molecule has 0 radical (unpaired) electrons. The largest absolute Gasteiger partial charge is 0.494 e. The molecule has 0 saturated heterocycles. The Labute approximate surface area is 154 Å². The number of anilines is 1. The molecular formula is C17H14Cl2N2O4. The van der Waals surface area contributed by atoms with E-state index in [4.69, 9.17) is 27.9 Å². The Morgan fingerprint density at radius 2 is 2.00 bits per heavy atom. The normalized spacial score (nSPS) is 10.7. The zero-order valence-electron chi connectivity index (χ0n) is 13.2. The number of benzene rings is 2. The van der Waals surface area contributed by atoms with Crippen LogP contribution in [-0.2, 0) is 0 Å². The van der Waals surface area contributed by atoms with E-state index in [0.717, 1.165) is 0 Å². The van der Waals surface area contributed by atoms with Gasteiger partial charge in [-0.05, 0) is 37.3 Å². The first-order chi connectivity index (χ1) is 11.9. The molecule has 2 rings (SSSR count). The third-order valence-electron chi connectivity index (χ3n) is 3.15. The minimum Gasteiger partial charge on any atom is -0.494 e. The summed E-state index contributed by atoms with van der Waals surface area (Å²) < 4.78 is 5.25. The summed E-state index contributed by atoms with van der Waals surface area (Å²) in [6, 6.07) is 8.96. The summed E-state index contributed by atoms with van der Waals surface area (Å²) in [6.07, 6.45) is 2.58. The molecule has 25 heavy (non-hydrogen) atoms. The third kappa shape index (κ3) is 4.95. The fraction of sp³-hybridized carbons (Fsp3) is 0.118. The number of nitrogens with zero attached hydrogens (tertiary/aromatic N) is 1. The van der Waals surface area contributed by atoms with Gasteiger partial charge >= 0.3 is 0 Å². The summed E-state index contributed by atoms with van der Waals surface area (Å²) in [7, 11) is 0. The lowest BCUT2D eigenvalue weighted by atomic mass is 10.1. The molecule has 2 aromatic rings. The van der Waals surface area contributed by atoms with E-state index in [1.165, 1.54) is 36.5 Å². The number of hydrogen-bond acceptors (Lipinski definition) is 5. The molecule has 0 fully saturated rings. The second-order valence-electron chi connectivity index (χ2n) is 4.84. The van der Waals surface area contributed by atoms with E-state index in [1.807, 2.05) is 0 Å². The molecule has 0 heterocycles. The van der Waals surface area contributed by atoms with Crippen LogP contribution in [0, 0.1) is 10.1 Å². The van der Waals surface area contributed by atoms with Crippen LogP contribution >= 0.6 is 23.2 Å². The Kier molecular flexibility index (Phi) is 6.38. The van der Waals surface area contributed by atoms with Gasteiger partial charge in [-0.2, -0.15) is 0 Å². The summed E-state index contributed by atoms with van der Waals surface area (Å²) >= 11 is 11.7. The van der Waals surface area contributed by atoms with Crippen LogP contribution in [0.5, 0.6) is 5.75 Å². The lowest BCUT2D eigenvalue weighted by molar-refractivity contribution is -0.384. The van der Waals surface area contributed by atoms with Gasteiger partial charge in [0.2, 0.25) is 0 Å². The van der Waals surface area contributed by atoms with Gasteiger partial charge in [0.25, 0.3) is 5.69 Å². The van der Waals surface area contributed by atoms with E-state index < -0.39 is 4.92 Å². The Hall–Kier alpha value is -2.57. The van der Waals surface area contributed by atoms with Crippen molar-refractivity contribution in [1.29, 1.82) is 0 Å². The van der Waals surface area contributed by atoms with Crippen LogP contribution in [0.1, 0.15) is 17.3 Å². The van der Waals surface area contributed by atoms with Crippen molar-refractivity contribution in [3.05, 3.63) is 74.4 Å². The summed E-state index contributed by atoms with van der Waals surface area (Å²) in [5.41, 5.74) is 0.442. The van der Waals surface area contributed by atoms with Crippen LogP contribution in [0.15, 0.2) is 48.7 Å².